The highest BCUT2D eigenvalue weighted by atomic mass is 31.2. The van der Waals surface area contributed by atoms with E-state index >= 15 is 0 Å². The van der Waals surface area contributed by atoms with E-state index in [2.05, 4.69) is 77.2 Å². The lowest BCUT2D eigenvalue weighted by Gasteiger charge is -2.22. The van der Waals surface area contributed by atoms with Crippen molar-refractivity contribution >= 4 is 13.5 Å². The van der Waals surface area contributed by atoms with Crippen LogP contribution >= 0.6 is 7.82 Å². The summed E-state index contributed by atoms with van der Waals surface area (Å²) < 4.78 is 15.0. The number of rotatable bonds is 14. The van der Waals surface area contributed by atoms with Gasteiger partial charge in [-0.1, -0.05) is 48.9 Å². The van der Waals surface area contributed by atoms with Crippen molar-refractivity contribution in [1.82, 2.24) is 5.32 Å². The summed E-state index contributed by atoms with van der Waals surface area (Å²) in [6.45, 7) is 4.60. The van der Waals surface area contributed by atoms with Crippen LogP contribution in [-0.4, -0.2) is 36.5 Å². The van der Waals surface area contributed by atoms with Crippen molar-refractivity contribution in [2.24, 2.45) is 0 Å². The molecule has 0 aliphatic heterocycles. The molecule has 0 amide bonds. The van der Waals surface area contributed by atoms with E-state index in [1.165, 1.54) is 41.6 Å². The minimum absolute atomic E-state index is 0.0470. The maximum atomic E-state index is 10.6. The van der Waals surface area contributed by atoms with Crippen molar-refractivity contribution in [3.63, 3.8) is 0 Å². The number of phosphoric ester groups is 1. The third kappa shape index (κ3) is 9.88. The maximum absolute atomic E-state index is 10.6. The summed E-state index contributed by atoms with van der Waals surface area (Å²) in [4.78, 5) is 19.6. The molecule has 2 aromatic rings. The molecule has 0 spiro atoms. The molecule has 0 saturated carbocycles. The van der Waals surface area contributed by atoms with Crippen LogP contribution in [0.15, 0.2) is 48.5 Å². The minimum atomic E-state index is -4.35. The van der Waals surface area contributed by atoms with Gasteiger partial charge in [0.05, 0.1) is 6.61 Å². The first-order valence-corrected chi connectivity index (χ1v) is 12.1. The van der Waals surface area contributed by atoms with Gasteiger partial charge in [0.15, 0.2) is 0 Å². The van der Waals surface area contributed by atoms with Crippen LogP contribution in [0.25, 0.3) is 0 Å². The van der Waals surface area contributed by atoms with Crippen LogP contribution in [0.4, 0.5) is 5.69 Å². The molecule has 0 saturated heterocycles. The number of aryl methyl sites for hydroxylation is 2. The van der Waals surface area contributed by atoms with Gasteiger partial charge in [0, 0.05) is 25.8 Å². The first-order valence-electron chi connectivity index (χ1n) is 10.6. The van der Waals surface area contributed by atoms with Crippen LogP contribution in [0.5, 0.6) is 0 Å². The number of nitrogens with one attached hydrogen (secondary N) is 1. The zero-order chi connectivity index (χ0) is 21.8. The average Bonchev–Trinajstić information content (AvgIpc) is 2.70. The molecule has 0 atom stereocenters. The Bertz CT molecular complexity index is 795. The van der Waals surface area contributed by atoms with Crippen molar-refractivity contribution in [2.75, 3.05) is 31.6 Å². The summed E-state index contributed by atoms with van der Waals surface area (Å²) in [5.74, 6) is 0. The van der Waals surface area contributed by atoms with Gasteiger partial charge >= 0.3 is 7.82 Å². The lowest BCUT2D eigenvalue weighted by molar-refractivity contribution is 0.194. The molecule has 0 aliphatic rings. The van der Waals surface area contributed by atoms with Gasteiger partial charge in [-0.3, -0.25) is 4.52 Å². The van der Waals surface area contributed by atoms with E-state index < -0.39 is 7.82 Å². The summed E-state index contributed by atoms with van der Waals surface area (Å²) in [6.07, 6.45) is 5.33. The van der Waals surface area contributed by atoms with Gasteiger partial charge in [-0.15, -0.1) is 0 Å². The second-order valence-electron chi connectivity index (χ2n) is 7.69. The number of benzene rings is 2. The van der Waals surface area contributed by atoms with Gasteiger partial charge in [0.25, 0.3) is 0 Å². The first-order chi connectivity index (χ1) is 14.3. The molecule has 0 bridgehead atoms. The van der Waals surface area contributed by atoms with Crippen molar-refractivity contribution in [3.05, 3.63) is 65.2 Å². The molecule has 0 heterocycles. The van der Waals surface area contributed by atoms with Gasteiger partial charge in [-0.05, 0) is 61.9 Å². The van der Waals surface area contributed by atoms with Crippen LogP contribution in [-0.2, 0) is 22.1 Å². The summed E-state index contributed by atoms with van der Waals surface area (Å²) in [5, 5.41) is 3.28. The number of hydrogen-bond donors (Lipinski definition) is 3. The Morgan fingerprint density at radius 1 is 1.00 bits per heavy atom. The highest BCUT2D eigenvalue weighted by Crippen LogP contribution is 2.35. The molecule has 0 unspecified atom stereocenters. The van der Waals surface area contributed by atoms with E-state index in [0.717, 1.165) is 19.5 Å². The predicted octanol–water partition coefficient (Wildman–Crippen LogP) is 4.43. The van der Waals surface area contributed by atoms with Gasteiger partial charge in [0.1, 0.15) is 0 Å². The summed E-state index contributed by atoms with van der Waals surface area (Å²) >= 11 is 0. The summed E-state index contributed by atoms with van der Waals surface area (Å²) in [7, 11) is -2.20. The Morgan fingerprint density at radius 3 is 2.47 bits per heavy atom. The fourth-order valence-corrected chi connectivity index (χ4v) is 3.86. The summed E-state index contributed by atoms with van der Waals surface area (Å²) in [5.41, 5.74) is 5.13. The van der Waals surface area contributed by atoms with E-state index in [4.69, 9.17) is 9.79 Å². The molecule has 2 rings (SSSR count). The monoisotopic (exact) mass is 434 g/mol. The first kappa shape index (κ1) is 24.6. The largest absolute Gasteiger partial charge is 0.469 e. The quantitative estimate of drug-likeness (QED) is 0.301. The predicted molar refractivity (Wildman–Crippen MR) is 123 cm³/mol. The second kappa shape index (κ2) is 12.9. The molecule has 30 heavy (non-hydrogen) atoms. The van der Waals surface area contributed by atoms with Gasteiger partial charge in [0.2, 0.25) is 0 Å². The Labute approximate surface area is 180 Å². The van der Waals surface area contributed by atoms with Crippen LogP contribution < -0.4 is 10.2 Å². The third-order valence-electron chi connectivity index (χ3n) is 5.06. The van der Waals surface area contributed by atoms with Gasteiger partial charge in [-0.25, -0.2) is 4.57 Å². The standard InChI is InChI=1S/C23H35N2O4P/c1-20-18-22(19-24-15-9-17-29-30(26,27)28)13-14-23(20)25(2)16-8-4-7-12-21-10-5-3-6-11-21/h3,5-6,10-11,13-14,18,24H,4,7-9,12,15-17,19H2,1-2H3,(H2,26,27,28). The Morgan fingerprint density at radius 2 is 1.77 bits per heavy atom. The topological polar surface area (TPSA) is 82.0 Å². The normalized spacial score (nSPS) is 11.6. The molecule has 3 N–H and O–H groups in total. The van der Waals surface area contributed by atoms with Crippen LogP contribution in [0.2, 0.25) is 0 Å². The fraction of sp³-hybridized carbons (Fsp3) is 0.478. The minimum Gasteiger partial charge on any atom is -0.374 e. The average molecular weight is 435 g/mol. The number of nitrogens with zero attached hydrogens (tertiary/aromatic N) is 1. The zero-order valence-electron chi connectivity index (χ0n) is 18.1. The number of anilines is 1. The third-order valence-corrected chi connectivity index (χ3v) is 5.58. The number of hydrogen-bond acceptors (Lipinski definition) is 4. The summed E-state index contributed by atoms with van der Waals surface area (Å²) in [6, 6.07) is 17.2. The van der Waals surface area contributed by atoms with Gasteiger partial charge in [-0.2, -0.15) is 0 Å². The van der Waals surface area contributed by atoms with Gasteiger partial charge < -0.3 is 20.0 Å². The van der Waals surface area contributed by atoms with Crippen molar-refractivity contribution in [2.45, 2.75) is 45.6 Å². The number of unbranched alkanes of at least 4 members (excludes halogenated alkanes) is 2. The molecule has 6 nitrogen and oxygen atoms in total. The van der Waals surface area contributed by atoms with E-state index in [-0.39, 0.29) is 6.61 Å². The van der Waals surface area contributed by atoms with Crippen LogP contribution in [0, 0.1) is 6.92 Å². The highest BCUT2D eigenvalue weighted by molar-refractivity contribution is 7.46. The Kier molecular flexibility index (Phi) is 10.6. The lowest BCUT2D eigenvalue weighted by Crippen LogP contribution is -2.20. The second-order valence-corrected chi connectivity index (χ2v) is 8.93. The van der Waals surface area contributed by atoms with Crippen molar-refractivity contribution < 1.29 is 18.9 Å². The molecule has 7 heteroatoms. The van der Waals surface area contributed by atoms with E-state index in [1.54, 1.807) is 0 Å². The van der Waals surface area contributed by atoms with E-state index in [0.29, 0.717) is 13.0 Å². The fourth-order valence-electron chi connectivity index (χ4n) is 3.49. The smallest absolute Gasteiger partial charge is 0.374 e. The Balaban J connectivity index is 1.65. The molecular weight excluding hydrogens is 399 g/mol. The Hall–Kier alpha value is -1.69. The van der Waals surface area contributed by atoms with Crippen molar-refractivity contribution in [3.8, 4) is 0 Å². The lowest BCUT2D eigenvalue weighted by atomic mass is 10.1. The molecule has 0 aliphatic carbocycles. The van der Waals surface area contributed by atoms with Crippen molar-refractivity contribution in [1.29, 1.82) is 0 Å². The highest BCUT2D eigenvalue weighted by Gasteiger charge is 2.12. The van der Waals surface area contributed by atoms with E-state index in [9.17, 15) is 4.57 Å². The molecule has 0 aromatic heterocycles. The molecule has 0 fully saturated rings. The van der Waals surface area contributed by atoms with Crippen LogP contribution in [0.1, 0.15) is 42.4 Å². The van der Waals surface area contributed by atoms with Crippen LogP contribution in [0.3, 0.4) is 0 Å². The number of phosphoric acid groups is 1. The molecule has 2 aromatic carbocycles. The molecule has 0 radical (unpaired) electrons. The molecule has 166 valence electrons. The SMILES string of the molecule is Cc1cc(CNCCCOP(=O)(O)O)ccc1N(C)CCCCCc1ccccc1. The maximum Gasteiger partial charge on any atom is 0.469 e. The zero-order valence-corrected chi connectivity index (χ0v) is 19.0. The van der Waals surface area contributed by atoms with E-state index in [1.807, 2.05) is 0 Å². The molecular formula is C23H35N2O4P.